The lowest BCUT2D eigenvalue weighted by Crippen LogP contribution is -2.20. The minimum absolute atomic E-state index is 0.0985. The van der Waals surface area contributed by atoms with E-state index in [1.165, 1.54) is 30.3 Å². The lowest BCUT2D eigenvalue weighted by atomic mass is 10.1. The molecule has 0 radical (unpaired) electrons. The molecule has 1 amide bonds. The first-order valence-electron chi connectivity index (χ1n) is 8.85. The van der Waals surface area contributed by atoms with Gasteiger partial charge in [-0.05, 0) is 55.5 Å². The summed E-state index contributed by atoms with van der Waals surface area (Å²) in [6, 6.07) is 16.9. The summed E-state index contributed by atoms with van der Waals surface area (Å²) < 4.78 is 27.8. The molecule has 6 nitrogen and oxygen atoms in total. The van der Waals surface area contributed by atoms with Crippen molar-refractivity contribution in [2.75, 3.05) is 4.72 Å². The number of halogens is 3. The van der Waals surface area contributed by atoms with Crippen molar-refractivity contribution < 1.29 is 13.2 Å². The molecule has 31 heavy (non-hydrogen) atoms. The Kier molecular flexibility index (Phi) is 7.23. The van der Waals surface area contributed by atoms with Crippen LogP contribution in [0.25, 0.3) is 0 Å². The molecular weight excluding hydrogens is 481 g/mol. The lowest BCUT2D eigenvalue weighted by molar-refractivity contribution is 0.0954. The fraction of sp³-hybridized carbons (Fsp3) is 0.0476. The standard InChI is InChI=1S/C21H16Cl3N3O3S/c1-13(17-12-15(22)9-10-18(17)23)25-26-21(28)14-5-4-6-16(11-14)31(29,30)27-20-8-3-2-7-19(20)24/h2-12,27H,1H3,(H,26,28)/b25-13-. The Balaban J connectivity index is 1.80. The van der Waals surface area contributed by atoms with Gasteiger partial charge < -0.3 is 0 Å². The Morgan fingerprint density at radius 1 is 0.903 bits per heavy atom. The van der Waals surface area contributed by atoms with E-state index in [2.05, 4.69) is 15.2 Å². The van der Waals surface area contributed by atoms with Gasteiger partial charge in [-0.2, -0.15) is 5.10 Å². The number of para-hydroxylation sites is 1. The topological polar surface area (TPSA) is 87.6 Å². The molecule has 0 saturated carbocycles. The van der Waals surface area contributed by atoms with Gasteiger partial charge in [0, 0.05) is 21.2 Å². The predicted octanol–water partition coefficient (Wildman–Crippen LogP) is 5.60. The van der Waals surface area contributed by atoms with E-state index in [1.807, 2.05) is 0 Å². The highest BCUT2D eigenvalue weighted by atomic mass is 35.5. The summed E-state index contributed by atoms with van der Waals surface area (Å²) in [5.74, 6) is -0.590. The Bertz CT molecular complexity index is 1280. The smallest absolute Gasteiger partial charge is 0.271 e. The van der Waals surface area contributed by atoms with E-state index in [4.69, 9.17) is 34.8 Å². The van der Waals surface area contributed by atoms with Crippen LogP contribution < -0.4 is 10.1 Å². The number of rotatable bonds is 6. The van der Waals surface area contributed by atoms with Crippen molar-refractivity contribution in [3.8, 4) is 0 Å². The van der Waals surface area contributed by atoms with Gasteiger partial charge in [0.05, 0.1) is 21.3 Å². The fourth-order valence-electron chi connectivity index (χ4n) is 2.59. The predicted molar refractivity (Wildman–Crippen MR) is 125 cm³/mol. The molecule has 3 aromatic carbocycles. The van der Waals surface area contributed by atoms with Crippen molar-refractivity contribution in [1.29, 1.82) is 0 Å². The van der Waals surface area contributed by atoms with Crippen molar-refractivity contribution in [3.63, 3.8) is 0 Å². The monoisotopic (exact) mass is 495 g/mol. The molecule has 10 heteroatoms. The Labute approximate surface area is 194 Å². The van der Waals surface area contributed by atoms with Crippen LogP contribution in [0.15, 0.2) is 76.7 Å². The molecule has 0 fully saturated rings. The molecule has 0 aliphatic carbocycles. The van der Waals surface area contributed by atoms with Gasteiger partial charge in [0.2, 0.25) is 0 Å². The number of carbonyl (C=O) groups is 1. The number of nitrogens with zero attached hydrogens (tertiary/aromatic N) is 1. The number of amides is 1. The summed E-state index contributed by atoms with van der Waals surface area (Å²) in [5.41, 5.74) is 3.73. The first-order valence-corrected chi connectivity index (χ1v) is 11.5. The number of nitrogens with one attached hydrogen (secondary N) is 2. The van der Waals surface area contributed by atoms with Gasteiger partial charge in [-0.3, -0.25) is 9.52 Å². The third-order valence-corrected chi connectivity index (χ3v) is 6.43. The number of hydrazone groups is 1. The minimum atomic E-state index is -3.96. The van der Waals surface area contributed by atoms with E-state index in [0.29, 0.717) is 21.3 Å². The summed E-state index contributed by atoms with van der Waals surface area (Å²) in [6.07, 6.45) is 0. The lowest BCUT2D eigenvalue weighted by Gasteiger charge is -2.10. The molecule has 0 aliphatic rings. The average Bonchev–Trinajstić information content (AvgIpc) is 2.75. The number of hydrogen-bond acceptors (Lipinski definition) is 4. The highest BCUT2D eigenvalue weighted by Crippen LogP contribution is 2.24. The SMILES string of the molecule is C/C(=N/NC(=O)c1cccc(S(=O)(=O)Nc2ccccc2Cl)c1)c1cc(Cl)ccc1Cl. The number of anilines is 1. The molecule has 0 aromatic heterocycles. The van der Waals surface area contributed by atoms with Crippen molar-refractivity contribution in [2.24, 2.45) is 5.10 Å². The summed E-state index contributed by atoms with van der Waals surface area (Å²) >= 11 is 18.1. The van der Waals surface area contributed by atoms with Crippen molar-refractivity contribution in [1.82, 2.24) is 5.43 Å². The van der Waals surface area contributed by atoms with E-state index < -0.39 is 15.9 Å². The average molecular weight is 497 g/mol. The maximum absolute atomic E-state index is 12.7. The number of carbonyl (C=O) groups excluding carboxylic acids is 1. The first-order chi connectivity index (χ1) is 14.7. The zero-order valence-electron chi connectivity index (χ0n) is 16.1. The maximum Gasteiger partial charge on any atom is 0.271 e. The molecule has 2 N–H and O–H groups in total. The second kappa shape index (κ2) is 9.70. The van der Waals surface area contributed by atoms with Gasteiger partial charge in [0.25, 0.3) is 15.9 Å². The van der Waals surface area contributed by atoms with Gasteiger partial charge in [-0.15, -0.1) is 0 Å². The van der Waals surface area contributed by atoms with Crippen LogP contribution in [-0.2, 0) is 10.0 Å². The molecule has 0 saturated heterocycles. The van der Waals surface area contributed by atoms with Gasteiger partial charge in [-0.25, -0.2) is 13.8 Å². The van der Waals surface area contributed by atoms with Crippen LogP contribution in [0.2, 0.25) is 15.1 Å². The summed E-state index contributed by atoms with van der Waals surface area (Å²) in [6.45, 7) is 1.66. The quantitative estimate of drug-likeness (QED) is 0.344. The first kappa shape index (κ1) is 23.1. The van der Waals surface area contributed by atoms with E-state index in [0.717, 1.165) is 0 Å². The largest absolute Gasteiger partial charge is 0.278 e. The van der Waals surface area contributed by atoms with Crippen LogP contribution in [0, 0.1) is 0 Å². The van der Waals surface area contributed by atoms with Gasteiger partial charge >= 0.3 is 0 Å². The molecule has 0 spiro atoms. The Morgan fingerprint density at radius 3 is 2.39 bits per heavy atom. The molecular formula is C21H16Cl3N3O3S. The molecule has 0 unspecified atom stereocenters. The van der Waals surface area contributed by atoms with Gasteiger partial charge in [0.1, 0.15) is 0 Å². The third kappa shape index (κ3) is 5.77. The molecule has 0 bridgehead atoms. The van der Waals surface area contributed by atoms with Crippen LogP contribution in [-0.4, -0.2) is 20.0 Å². The zero-order chi connectivity index (χ0) is 22.6. The highest BCUT2D eigenvalue weighted by molar-refractivity contribution is 7.92. The number of benzene rings is 3. The van der Waals surface area contributed by atoms with E-state index in [9.17, 15) is 13.2 Å². The van der Waals surface area contributed by atoms with Crippen LogP contribution >= 0.6 is 34.8 Å². The molecule has 0 atom stereocenters. The van der Waals surface area contributed by atoms with Gasteiger partial charge in [0.15, 0.2) is 0 Å². The van der Waals surface area contributed by atoms with Crippen molar-refractivity contribution in [2.45, 2.75) is 11.8 Å². The van der Waals surface area contributed by atoms with Crippen molar-refractivity contribution in [3.05, 3.63) is 92.9 Å². The molecule has 160 valence electrons. The van der Waals surface area contributed by atoms with Crippen LogP contribution in [0.5, 0.6) is 0 Å². The molecule has 3 rings (SSSR count). The number of sulfonamides is 1. The second-order valence-electron chi connectivity index (χ2n) is 6.38. The summed E-state index contributed by atoms with van der Waals surface area (Å²) in [5, 5.41) is 5.19. The van der Waals surface area contributed by atoms with E-state index in [-0.39, 0.29) is 21.2 Å². The maximum atomic E-state index is 12.7. The number of hydrogen-bond donors (Lipinski definition) is 2. The Morgan fingerprint density at radius 2 is 1.65 bits per heavy atom. The van der Waals surface area contributed by atoms with Gasteiger partial charge in [-0.1, -0.05) is 53.0 Å². The van der Waals surface area contributed by atoms with E-state index in [1.54, 1.807) is 43.3 Å². The highest BCUT2D eigenvalue weighted by Gasteiger charge is 2.18. The molecule has 0 heterocycles. The van der Waals surface area contributed by atoms with Crippen LogP contribution in [0.3, 0.4) is 0 Å². The minimum Gasteiger partial charge on any atom is -0.278 e. The van der Waals surface area contributed by atoms with Crippen LogP contribution in [0.4, 0.5) is 5.69 Å². The zero-order valence-corrected chi connectivity index (χ0v) is 19.1. The summed E-state index contributed by atoms with van der Waals surface area (Å²) in [7, 11) is -3.96. The normalized spacial score (nSPS) is 11.8. The summed E-state index contributed by atoms with van der Waals surface area (Å²) in [4.78, 5) is 12.4. The van der Waals surface area contributed by atoms with E-state index >= 15 is 0 Å². The fourth-order valence-corrected chi connectivity index (χ4v) is 4.38. The Hall–Kier alpha value is -2.58. The molecule has 3 aromatic rings. The third-order valence-electron chi connectivity index (χ3n) is 4.17. The second-order valence-corrected chi connectivity index (χ2v) is 9.31. The van der Waals surface area contributed by atoms with Crippen molar-refractivity contribution >= 4 is 62.1 Å². The molecule has 0 aliphatic heterocycles. The van der Waals surface area contributed by atoms with Crippen LogP contribution in [0.1, 0.15) is 22.8 Å².